The van der Waals surface area contributed by atoms with Crippen LogP contribution in [0, 0.1) is 0 Å². The van der Waals surface area contributed by atoms with Crippen LogP contribution in [0.5, 0.6) is 0 Å². The quantitative estimate of drug-likeness (QED) is 0.386. The minimum atomic E-state index is 0. The molecule has 0 rings (SSSR count). The van der Waals surface area contributed by atoms with Crippen LogP contribution in [0.15, 0.2) is 0 Å². The SMILES string of the molecule is CO[P].[N].[N]. The highest BCUT2D eigenvalue weighted by Crippen LogP contribution is 1.68. The Morgan fingerprint density at radius 1 is 1.40 bits per heavy atom. The van der Waals surface area contributed by atoms with Gasteiger partial charge in [0.15, 0.2) is 0 Å². The van der Waals surface area contributed by atoms with Crippen molar-refractivity contribution >= 4 is 9.47 Å². The van der Waals surface area contributed by atoms with Gasteiger partial charge in [0, 0.05) is 19.4 Å². The van der Waals surface area contributed by atoms with Gasteiger partial charge in [-0.1, -0.05) is 0 Å². The summed E-state index contributed by atoms with van der Waals surface area (Å²) in [5.74, 6) is 0. The Hall–Kier alpha value is 0.310. The van der Waals surface area contributed by atoms with E-state index < -0.39 is 0 Å². The topological polar surface area (TPSA) is 70.2 Å². The number of hydrogen-bond donors (Lipinski definition) is 0. The molecule has 4 heteroatoms. The van der Waals surface area contributed by atoms with Crippen LogP contribution >= 0.6 is 9.47 Å². The van der Waals surface area contributed by atoms with Gasteiger partial charge < -0.3 is 4.52 Å². The second-order valence-corrected chi connectivity index (χ2v) is 0.548. The third-order valence-corrected chi connectivity index (χ3v) is 0. The molecule has 5 heavy (non-hydrogen) atoms. The molecule has 0 heterocycles. The molecule has 0 spiro atoms. The van der Waals surface area contributed by atoms with Crippen LogP contribution in [-0.2, 0) is 4.52 Å². The number of hydrogen-bond acceptors (Lipinski definition) is 1. The highest BCUT2D eigenvalue weighted by Gasteiger charge is 1.31. The van der Waals surface area contributed by atoms with Crippen molar-refractivity contribution in [2.45, 2.75) is 0 Å². The predicted octanol–water partition coefficient (Wildman–Crippen LogP) is -0.00290. The summed E-state index contributed by atoms with van der Waals surface area (Å²) in [6.07, 6.45) is 0. The molecule has 0 atom stereocenters. The lowest BCUT2D eigenvalue weighted by molar-refractivity contribution is 0.488. The van der Waals surface area contributed by atoms with Crippen LogP contribution in [-0.4, -0.2) is 7.11 Å². The normalized spacial score (nSPS) is 3.60. The lowest BCUT2D eigenvalue weighted by Gasteiger charge is -1.56. The molecule has 0 fully saturated rings. The third-order valence-electron chi connectivity index (χ3n) is 0. The van der Waals surface area contributed by atoms with Gasteiger partial charge in [-0.05, 0) is 0 Å². The first kappa shape index (κ1) is 18.5. The molecule has 0 aliphatic carbocycles. The molecule has 0 bridgehead atoms. The van der Waals surface area contributed by atoms with Crippen molar-refractivity contribution < 1.29 is 4.52 Å². The van der Waals surface area contributed by atoms with Gasteiger partial charge >= 0.3 is 0 Å². The molecular weight excluding hydrogens is 87.0 g/mol. The Morgan fingerprint density at radius 3 is 1.40 bits per heavy atom. The van der Waals surface area contributed by atoms with E-state index in [1.54, 1.807) is 0 Å². The molecule has 0 saturated heterocycles. The van der Waals surface area contributed by atoms with Crippen molar-refractivity contribution in [1.29, 1.82) is 0 Å². The van der Waals surface area contributed by atoms with E-state index >= 15 is 0 Å². The van der Waals surface area contributed by atoms with E-state index in [4.69, 9.17) is 0 Å². The largest absolute Gasteiger partial charge is 0.348 e. The van der Waals surface area contributed by atoms with Gasteiger partial charge in [0.2, 0.25) is 0 Å². The van der Waals surface area contributed by atoms with E-state index in [-0.39, 0.29) is 12.3 Å². The van der Waals surface area contributed by atoms with Crippen molar-refractivity contribution in [1.82, 2.24) is 12.3 Å². The molecule has 0 aliphatic heterocycles. The van der Waals surface area contributed by atoms with Crippen LogP contribution < -0.4 is 12.3 Å². The average Bonchev–Trinajstić information content (AvgIpc) is 0.918. The van der Waals surface area contributed by atoms with Crippen molar-refractivity contribution in [2.24, 2.45) is 0 Å². The van der Waals surface area contributed by atoms with Crippen molar-refractivity contribution in [2.75, 3.05) is 7.11 Å². The third kappa shape index (κ3) is 239. The maximum Gasteiger partial charge on any atom is 0.147 e. The zero-order chi connectivity index (χ0) is 2.71. The van der Waals surface area contributed by atoms with E-state index in [9.17, 15) is 0 Å². The van der Waals surface area contributed by atoms with Gasteiger partial charge in [0.05, 0.1) is 0 Å². The Bertz CT molecular complexity index is 9.61. The molecule has 3 nitrogen and oxygen atoms in total. The minimum absolute atomic E-state index is 0. The van der Waals surface area contributed by atoms with Crippen LogP contribution in [0.3, 0.4) is 0 Å². The maximum atomic E-state index is 3.94. The van der Waals surface area contributed by atoms with Crippen molar-refractivity contribution in [3.8, 4) is 0 Å². The second-order valence-electron chi connectivity index (χ2n) is 0.183. The monoisotopic (exact) mass is 90.0 g/mol. The summed E-state index contributed by atoms with van der Waals surface area (Å²) in [4.78, 5) is 0. The van der Waals surface area contributed by atoms with E-state index in [2.05, 4.69) is 14.0 Å². The van der Waals surface area contributed by atoms with Crippen LogP contribution in [0.2, 0.25) is 0 Å². The molecule has 0 unspecified atom stereocenters. The van der Waals surface area contributed by atoms with Gasteiger partial charge in [0.25, 0.3) is 0 Å². The highest BCUT2D eigenvalue weighted by molar-refractivity contribution is 7.09. The van der Waals surface area contributed by atoms with Gasteiger partial charge in [-0.3, -0.25) is 0 Å². The number of nitrogens with zero attached hydrogens (tertiary/aromatic N) is 2. The zero-order valence-electron chi connectivity index (χ0n) is 2.75. The standard InChI is InChI=1S/CH3OP.2N/c1-2-3;;/h1H3;;. The summed E-state index contributed by atoms with van der Waals surface area (Å²) in [6.45, 7) is 0. The van der Waals surface area contributed by atoms with Crippen LogP contribution in [0.1, 0.15) is 0 Å². The Morgan fingerprint density at radius 2 is 1.40 bits per heavy atom. The fourth-order valence-electron chi connectivity index (χ4n) is 0. The summed E-state index contributed by atoms with van der Waals surface area (Å²) in [5, 5.41) is 0. The van der Waals surface area contributed by atoms with E-state index in [1.807, 2.05) is 0 Å². The molecule has 0 aromatic rings. The molecule has 0 aromatic carbocycles. The molecule has 0 amide bonds. The molecule has 0 N–H and O–H groups in total. The van der Waals surface area contributed by atoms with Crippen LogP contribution in [0.4, 0.5) is 0 Å². The molecule has 8 radical (unpaired) electrons. The van der Waals surface area contributed by atoms with Crippen LogP contribution in [0.25, 0.3) is 0 Å². The first-order valence-electron chi connectivity index (χ1n) is 0.591. The van der Waals surface area contributed by atoms with Gasteiger partial charge in [0.1, 0.15) is 9.47 Å². The first-order chi connectivity index (χ1) is 1.41. The molecule has 0 aliphatic rings. The van der Waals surface area contributed by atoms with E-state index in [1.165, 1.54) is 7.11 Å². The Labute approximate surface area is 34.5 Å². The molecule has 0 saturated carbocycles. The van der Waals surface area contributed by atoms with Gasteiger partial charge in [-0.25, -0.2) is 0 Å². The fourth-order valence-corrected chi connectivity index (χ4v) is 0. The summed E-state index contributed by atoms with van der Waals surface area (Å²) in [7, 11) is 4.78. The molecule has 0 aromatic heterocycles. The van der Waals surface area contributed by atoms with Gasteiger partial charge in [-0.15, -0.1) is 0 Å². The predicted molar refractivity (Wildman–Crippen MR) is 18.2 cm³/mol. The summed E-state index contributed by atoms with van der Waals surface area (Å²) >= 11 is 0. The fraction of sp³-hybridized carbons (Fsp3) is 1.00. The summed E-state index contributed by atoms with van der Waals surface area (Å²) < 4.78 is 3.94. The zero-order valence-corrected chi connectivity index (χ0v) is 3.64. The van der Waals surface area contributed by atoms with Crippen molar-refractivity contribution in [3.63, 3.8) is 0 Å². The minimum Gasteiger partial charge on any atom is -0.348 e. The van der Waals surface area contributed by atoms with Crippen molar-refractivity contribution in [3.05, 3.63) is 0 Å². The Kier molecular flexibility index (Phi) is 102. The lowest BCUT2D eigenvalue weighted by Crippen LogP contribution is -1.37. The highest BCUT2D eigenvalue weighted by atomic mass is 31.0. The summed E-state index contributed by atoms with van der Waals surface area (Å²) in [6, 6.07) is 0. The van der Waals surface area contributed by atoms with E-state index in [0.717, 1.165) is 0 Å². The maximum absolute atomic E-state index is 3.94. The second kappa shape index (κ2) is 27.5. The lowest BCUT2D eigenvalue weighted by atomic mass is 11.8. The van der Waals surface area contributed by atoms with E-state index in [0.29, 0.717) is 0 Å². The average molecular weight is 90.0 g/mol. The van der Waals surface area contributed by atoms with Gasteiger partial charge in [-0.2, -0.15) is 0 Å². The number of rotatable bonds is 0. The Balaban J connectivity index is -0.0000000200. The summed E-state index contributed by atoms with van der Waals surface area (Å²) in [5.41, 5.74) is 0. The first-order valence-corrected chi connectivity index (χ1v) is 0.956. The smallest absolute Gasteiger partial charge is 0.147 e. The molecule has 28 valence electrons. The molecular formula is CH3N2OP.